The maximum atomic E-state index is 5.92. The second kappa shape index (κ2) is 7.64. The lowest BCUT2D eigenvalue weighted by atomic mass is 10.1. The predicted molar refractivity (Wildman–Crippen MR) is 97.3 cm³/mol. The third-order valence-corrected chi connectivity index (χ3v) is 4.49. The number of hydrogen-bond donors (Lipinski definition) is 0. The van der Waals surface area contributed by atoms with Crippen molar-refractivity contribution < 1.29 is 13.9 Å². The highest BCUT2D eigenvalue weighted by Crippen LogP contribution is 2.37. The molecule has 0 bridgehead atoms. The number of imidazole rings is 1. The summed E-state index contributed by atoms with van der Waals surface area (Å²) in [6.45, 7) is 3.83. The number of nitrogens with zero attached hydrogens (tertiary/aromatic N) is 3. The highest BCUT2D eigenvalue weighted by molar-refractivity contribution is 5.64. The number of aromatic nitrogens is 3. The normalized spacial score (nSPS) is 13.7. The van der Waals surface area contributed by atoms with E-state index < -0.39 is 0 Å². The van der Waals surface area contributed by atoms with E-state index in [-0.39, 0.29) is 0 Å². The van der Waals surface area contributed by atoms with E-state index in [9.17, 15) is 0 Å². The SMILES string of the molecule is CCOc1cc(-c2ocnc2CC2CC2)ccc1OCCn1ccnc1. The zero-order valence-electron chi connectivity index (χ0n) is 14.9. The number of rotatable bonds is 9. The number of oxazole rings is 1. The van der Waals surface area contributed by atoms with E-state index in [4.69, 9.17) is 13.9 Å². The Morgan fingerprint density at radius 3 is 2.92 bits per heavy atom. The van der Waals surface area contributed by atoms with E-state index in [0.29, 0.717) is 13.2 Å². The second-order valence-corrected chi connectivity index (χ2v) is 6.52. The van der Waals surface area contributed by atoms with Crippen LogP contribution in [0.4, 0.5) is 0 Å². The zero-order valence-corrected chi connectivity index (χ0v) is 14.9. The molecule has 2 aromatic heterocycles. The van der Waals surface area contributed by atoms with Gasteiger partial charge in [0.15, 0.2) is 23.7 Å². The van der Waals surface area contributed by atoms with E-state index in [1.807, 2.05) is 35.9 Å². The van der Waals surface area contributed by atoms with Crippen LogP contribution in [0.25, 0.3) is 11.3 Å². The van der Waals surface area contributed by atoms with Crippen LogP contribution in [0.2, 0.25) is 0 Å². The first-order valence-electron chi connectivity index (χ1n) is 9.11. The van der Waals surface area contributed by atoms with Gasteiger partial charge in [0.1, 0.15) is 6.61 Å². The first-order valence-corrected chi connectivity index (χ1v) is 9.11. The Kier molecular flexibility index (Phi) is 4.91. The van der Waals surface area contributed by atoms with Gasteiger partial charge in [-0.2, -0.15) is 0 Å². The van der Waals surface area contributed by atoms with E-state index in [1.165, 1.54) is 19.2 Å². The Labute approximate surface area is 152 Å². The summed E-state index contributed by atoms with van der Waals surface area (Å²) in [5.41, 5.74) is 2.01. The molecule has 0 unspecified atom stereocenters. The third-order valence-electron chi connectivity index (χ3n) is 4.49. The van der Waals surface area contributed by atoms with Crippen LogP contribution in [-0.4, -0.2) is 27.7 Å². The predicted octanol–water partition coefficient (Wildman–Crippen LogP) is 3.97. The monoisotopic (exact) mass is 353 g/mol. The summed E-state index contributed by atoms with van der Waals surface area (Å²) in [5.74, 6) is 3.06. The van der Waals surface area contributed by atoms with Crippen molar-refractivity contribution in [2.45, 2.75) is 32.7 Å². The van der Waals surface area contributed by atoms with Gasteiger partial charge in [0.05, 0.1) is 25.2 Å². The quantitative estimate of drug-likeness (QED) is 0.582. The van der Waals surface area contributed by atoms with Gasteiger partial charge in [-0.1, -0.05) is 0 Å². The topological polar surface area (TPSA) is 62.3 Å². The van der Waals surface area contributed by atoms with Crippen molar-refractivity contribution in [2.24, 2.45) is 5.92 Å². The van der Waals surface area contributed by atoms with Crippen LogP contribution in [0.15, 0.2) is 47.7 Å². The maximum absolute atomic E-state index is 5.92. The molecule has 6 heteroatoms. The molecule has 0 amide bonds. The highest BCUT2D eigenvalue weighted by Gasteiger charge is 2.25. The van der Waals surface area contributed by atoms with Crippen LogP contribution >= 0.6 is 0 Å². The molecule has 0 N–H and O–H groups in total. The molecule has 1 fully saturated rings. The molecule has 4 rings (SSSR count). The van der Waals surface area contributed by atoms with Gasteiger partial charge in [-0.05, 0) is 50.3 Å². The minimum atomic E-state index is 0.547. The molecule has 0 atom stereocenters. The van der Waals surface area contributed by atoms with Crippen molar-refractivity contribution in [3.63, 3.8) is 0 Å². The second-order valence-electron chi connectivity index (χ2n) is 6.52. The van der Waals surface area contributed by atoms with Gasteiger partial charge in [0.25, 0.3) is 0 Å². The molecule has 136 valence electrons. The van der Waals surface area contributed by atoms with E-state index >= 15 is 0 Å². The standard InChI is InChI=1S/C20H23N3O3/c1-2-24-19-12-16(20-17(22-14-26-20)11-15-3-4-15)5-6-18(19)25-10-9-23-8-7-21-13-23/h5-8,12-15H,2-4,9-11H2,1H3. The van der Waals surface area contributed by atoms with Gasteiger partial charge in [-0.3, -0.25) is 0 Å². The van der Waals surface area contributed by atoms with Gasteiger partial charge >= 0.3 is 0 Å². The Morgan fingerprint density at radius 1 is 1.23 bits per heavy atom. The fourth-order valence-electron chi connectivity index (χ4n) is 2.96. The van der Waals surface area contributed by atoms with Gasteiger partial charge in [0.2, 0.25) is 0 Å². The van der Waals surface area contributed by atoms with Crippen LogP contribution in [0, 0.1) is 5.92 Å². The number of benzene rings is 1. The number of ether oxygens (including phenoxy) is 2. The van der Waals surface area contributed by atoms with Crippen LogP contribution in [-0.2, 0) is 13.0 Å². The minimum Gasteiger partial charge on any atom is -0.490 e. The molecule has 0 radical (unpaired) electrons. The molecule has 26 heavy (non-hydrogen) atoms. The highest BCUT2D eigenvalue weighted by atomic mass is 16.5. The van der Waals surface area contributed by atoms with Gasteiger partial charge in [-0.15, -0.1) is 0 Å². The lowest BCUT2D eigenvalue weighted by Gasteiger charge is -2.13. The Bertz CT molecular complexity index is 838. The lowest BCUT2D eigenvalue weighted by molar-refractivity contribution is 0.266. The minimum absolute atomic E-state index is 0.547. The summed E-state index contributed by atoms with van der Waals surface area (Å²) in [5, 5.41) is 0. The van der Waals surface area contributed by atoms with E-state index in [0.717, 1.165) is 47.4 Å². The molecule has 1 saturated carbocycles. The number of hydrogen-bond acceptors (Lipinski definition) is 5. The molecular formula is C20H23N3O3. The van der Waals surface area contributed by atoms with Crippen molar-refractivity contribution in [3.8, 4) is 22.8 Å². The fourth-order valence-corrected chi connectivity index (χ4v) is 2.96. The van der Waals surface area contributed by atoms with Crippen LogP contribution < -0.4 is 9.47 Å². The first kappa shape index (κ1) is 16.7. The van der Waals surface area contributed by atoms with Crippen LogP contribution in [0.1, 0.15) is 25.5 Å². The Balaban J connectivity index is 1.50. The van der Waals surface area contributed by atoms with Crippen molar-refractivity contribution in [1.29, 1.82) is 0 Å². The van der Waals surface area contributed by atoms with Gasteiger partial charge in [0, 0.05) is 18.0 Å². The summed E-state index contributed by atoms with van der Waals surface area (Å²) >= 11 is 0. The maximum Gasteiger partial charge on any atom is 0.181 e. The largest absolute Gasteiger partial charge is 0.490 e. The Morgan fingerprint density at radius 2 is 2.15 bits per heavy atom. The molecule has 6 nitrogen and oxygen atoms in total. The average Bonchev–Trinajstić information content (AvgIpc) is 3.11. The first-order chi connectivity index (χ1) is 12.8. The van der Waals surface area contributed by atoms with Crippen LogP contribution in [0.5, 0.6) is 11.5 Å². The van der Waals surface area contributed by atoms with E-state index in [1.54, 1.807) is 12.5 Å². The van der Waals surface area contributed by atoms with Gasteiger partial charge < -0.3 is 18.5 Å². The van der Waals surface area contributed by atoms with E-state index in [2.05, 4.69) is 9.97 Å². The molecular weight excluding hydrogens is 330 g/mol. The zero-order chi connectivity index (χ0) is 17.8. The fraction of sp³-hybridized carbons (Fsp3) is 0.400. The molecule has 2 heterocycles. The molecule has 3 aromatic rings. The van der Waals surface area contributed by atoms with Gasteiger partial charge in [-0.25, -0.2) is 9.97 Å². The van der Waals surface area contributed by atoms with Crippen LogP contribution in [0.3, 0.4) is 0 Å². The molecule has 1 aliphatic carbocycles. The summed E-state index contributed by atoms with van der Waals surface area (Å²) in [4.78, 5) is 8.44. The molecule has 1 aliphatic rings. The van der Waals surface area contributed by atoms with Crippen molar-refractivity contribution in [1.82, 2.24) is 14.5 Å². The van der Waals surface area contributed by atoms with Crippen molar-refractivity contribution in [3.05, 3.63) is 49.0 Å². The van der Waals surface area contributed by atoms with Crippen molar-refractivity contribution >= 4 is 0 Å². The summed E-state index contributed by atoms with van der Waals surface area (Å²) in [6.07, 6.45) is 10.6. The molecule has 1 aromatic carbocycles. The van der Waals surface area contributed by atoms with Crippen molar-refractivity contribution in [2.75, 3.05) is 13.2 Å². The summed E-state index contributed by atoms with van der Waals surface area (Å²) in [7, 11) is 0. The lowest BCUT2D eigenvalue weighted by Crippen LogP contribution is -2.07. The third kappa shape index (κ3) is 3.90. The average molecular weight is 353 g/mol. The summed E-state index contributed by atoms with van der Waals surface area (Å²) in [6, 6.07) is 5.93. The smallest absolute Gasteiger partial charge is 0.181 e. The Hall–Kier alpha value is -2.76. The molecule has 0 saturated heterocycles. The summed E-state index contributed by atoms with van der Waals surface area (Å²) < 4.78 is 19.4. The molecule has 0 aliphatic heterocycles. The molecule has 0 spiro atoms.